The van der Waals surface area contributed by atoms with Crippen LogP contribution in [0.1, 0.15) is 40.0 Å². The van der Waals surface area contributed by atoms with E-state index in [0.717, 1.165) is 12.8 Å². The van der Waals surface area contributed by atoms with Crippen molar-refractivity contribution in [3.8, 4) is 0 Å². The van der Waals surface area contributed by atoms with Crippen LogP contribution in [0.5, 0.6) is 0 Å². The van der Waals surface area contributed by atoms with E-state index >= 15 is 0 Å². The van der Waals surface area contributed by atoms with Crippen molar-refractivity contribution in [1.82, 2.24) is 0 Å². The van der Waals surface area contributed by atoms with Crippen LogP contribution < -0.4 is 0 Å². The molecule has 0 N–H and O–H groups in total. The largest absolute Gasteiger partial charge is 0.483 e. The highest BCUT2D eigenvalue weighted by atomic mass is 16.5. The molecule has 0 radical (unpaired) electrons. The zero-order valence-corrected chi connectivity index (χ0v) is 12.5. The van der Waals surface area contributed by atoms with Crippen LogP contribution in [0.15, 0.2) is 9.98 Å². The molecule has 0 unspecified atom stereocenters. The molecule has 0 saturated carbocycles. The van der Waals surface area contributed by atoms with Crippen LogP contribution >= 0.6 is 0 Å². The molecule has 1 aliphatic rings. The molecule has 0 saturated heterocycles. The lowest BCUT2D eigenvalue weighted by Gasteiger charge is -2.26. The van der Waals surface area contributed by atoms with E-state index in [9.17, 15) is 4.79 Å². The number of ether oxygens (including phenoxy) is 2. The molecule has 0 aromatic heterocycles. The average Bonchev–Trinajstić information content (AvgIpc) is 2.37. The van der Waals surface area contributed by atoms with Crippen LogP contribution in [0.25, 0.3) is 0 Å². The van der Waals surface area contributed by atoms with E-state index in [0.29, 0.717) is 24.1 Å². The highest BCUT2D eigenvalue weighted by Crippen LogP contribution is 2.20. The summed E-state index contributed by atoms with van der Waals surface area (Å²) < 4.78 is 10.7. The van der Waals surface area contributed by atoms with Crippen LogP contribution in [-0.4, -0.2) is 43.9 Å². The SMILES string of the molecule is COC1=N[C@H](C(C)C)C(OC)=N[C@H]1CCCC(C)=O. The molecule has 108 valence electrons. The van der Waals surface area contributed by atoms with Gasteiger partial charge < -0.3 is 14.3 Å². The van der Waals surface area contributed by atoms with Crippen molar-refractivity contribution in [3.63, 3.8) is 0 Å². The molecule has 0 aromatic rings. The molecule has 1 aliphatic heterocycles. The molecular weight excluding hydrogens is 244 g/mol. The van der Waals surface area contributed by atoms with Gasteiger partial charge in [-0.15, -0.1) is 0 Å². The van der Waals surface area contributed by atoms with Crippen LogP contribution in [0, 0.1) is 5.92 Å². The zero-order chi connectivity index (χ0) is 14.4. The fourth-order valence-corrected chi connectivity index (χ4v) is 2.09. The number of ketones is 1. The van der Waals surface area contributed by atoms with E-state index in [1.54, 1.807) is 21.1 Å². The predicted molar refractivity (Wildman–Crippen MR) is 75.8 cm³/mol. The fourth-order valence-electron chi connectivity index (χ4n) is 2.09. The molecule has 1 heterocycles. The molecule has 0 bridgehead atoms. The number of methoxy groups -OCH3 is 2. The third-order valence-electron chi connectivity index (χ3n) is 3.14. The molecule has 0 amide bonds. The van der Waals surface area contributed by atoms with Crippen molar-refractivity contribution >= 4 is 17.6 Å². The first-order valence-electron chi connectivity index (χ1n) is 6.72. The maximum Gasteiger partial charge on any atom is 0.209 e. The fraction of sp³-hybridized carbons (Fsp3) is 0.786. The average molecular weight is 268 g/mol. The third kappa shape index (κ3) is 4.33. The topological polar surface area (TPSA) is 60.2 Å². The van der Waals surface area contributed by atoms with Gasteiger partial charge in [-0.2, -0.15) is 0 Å². The third-order valence-corrected chi connectivity index (χ3v) is 3.14. The molecule has 2 atom stereocenters. The summed E-state index contributed by atoms with van der Waals surface area (Å²) >= 11 is 0. The second kappa shape index (κ2) is 7.26. The molecular formula is C14H24N2O3. The lowest BCUT2D eigenvalue weighted by atomic mass is 10.0. The smallest absolute Gasteiger partial charge is 0.209 e. The van der Waals surface area contributed by atoms with Gasteiger partial charge in [0.25, 0.3) is 0 Å². The Morgan fingerprint density at radius 1 is 1.21 bits per heavy atom. The first-order chi connectivity index (χ1) is 8.99. The molecule has 5 heteroatoms. The Morgan fingerprint density at radius 3 is 2.32 bits per heavy atom. The second-order valence-electron chi connectivity index (χ2n) is 5.14. The lowest BCUT2D eigenvalue weighted by molar-refractivity contribution is -0.117. The van der Waals surface area contributed by atoms with Gasteiger partial charge in [0.2, 0.25) is 11.8 Å². The molecule has 1 rings (SSSR count). The maximum atomic E-state index is 11.0. The summed E-state index contributed by atoms with van der Waals surface area (Å²) in [6, 6.07) is -0.210. The number of aliphatic imine (C=N–C) groups is 2. The van der Waals surface area contributed by atoms with Crippen molar-refractivity contribution < 1.29 is 14.3 Å². The van der Waals surface area contributed by atoms with Gasteiger partial charge in [0.15, 0.2) is 0 Å². The Morgan fingerprint density at radius 2 is 1.84 bits per heavy atom. The molecule has 0 spiro atoms. The second-order valence-corrected chi connectivity index (χ2v) is 5.14. The van der Waals surface area contributed by atoms with Crippen LogP contribution in [0.3, 0.4) is 0 Å². The standard InChI is InChI=1S/C14H24N2O3/c1-9(2)12-14(19-5)15-11(13(16-12)18-4)8-6-7-10(3)17/h9,11-12H,6-8H2,1-5H3/t11-,12+/m0/s1. The van der Waals surface area contributed by atoms with Gasteiger partial charge in [-0.1, -0.05) is 13.8 Å². The van der Waals surface area contributed by atoms with E-state index in [1.165, 1.54) is 0 Å². The number of carbonyl (C=O) groups is 1. The molecule has 5 nitrogen and oxygen atoms in total. The summed E-state index contributed by atoms with van der Waals surface area (Å²) in [6.45, 7) is 5.75. The van der Waals surface area contributed by atoms with E-state index in [4.69, 9.17) is 9.47 Å². The number of carbonyl (C=O) groups excluding carboxylic acids is 1. The molecule has 0 aromatic carbocycles. The lowest BCUT2D eigenvalue weighted by Crippen LogP contribution is -2.37. The molecule has 19 heavy (non-hydrogen) atoms. The highest BCUT2D eigenvalue weighted by molar-refractivity contribution is 5.94. The van der Waals surface area contributed by atoms with Gasteiger partial charge >= 0.3 is 0 Å². The number of Topliss-reactive ketones (excluding diaryl/α,β-unsaturated/α-hetero) is 1. The number of nitrogens with zero attached hydrogens (tertiary/aromatic N) is 2. The van der Waals surface area contributed by atoms with Gasteiger partial charge in [-0.3, -0.25) is 0 Å². The first kappa shape index (κ1) is 15.7. The van der Waals surface area contributed by atoms with Crippen molar-refractivity contribution in [2.75, 3.05) is 14.2 Å². The number of hydrogen-bond donors (Lipinski definition) is 0. The van der Waals surface area contributed by atoms with E-state index in [1.807, 2.05) is 0 Å². The Labute approximate surface area is 115 Å². The van der Waals surface area contributed by atoms with Gasteiger partial charge in [-0.25, -0.2) is 9.98 Å². The highest BCUT2D eigenvalue weighted by Gasteiger charge is 2.30. The van der Waals surface area contributed by atoms with Crippen LogP contribution in [0.2, 0.25) is 0 Å². The van der Waals surface area contributed by atoms with E-state index in [-0.39, 0.29) is 17.9 Å². The Balaban J connectivity index is 2.77. The Bertz CT molecular complexity index is 375. The van der Waals surface area contributed by atoms with E-state index < -0.39 is 0 Å². The monoisotopic (exact) mass is 268 g/mol. The minimum atomic E-state index is -0.130. The van der Waals surface area contributed by atoms with Crippen LogP contribution in [0.4, 0.5) is 0 Å². The quantitative estimate of drug-likeness (QED) is 0.768. The summed E-state index contributed by atoms with van der Waals surface area (Å²) in [5.41, 5.74) is 0. The summed E-state index contributed by atoms with van der Waals surface area (Å²) in [7, 11) is 3.23. The summed E-state index contributed by atoms with van der Waals surface area (Å²) in [5, 5.41) is 0. The number of hydrogen-bond acceptors (Lipinski definition) is 5. The van der Waals surface area contributed by atoms with E-state index in [2.05, 4.69) is 23.8 Å². The summed E-state index contributed by atoms with van der Waals surface area (Å²) in [4.78, 5) is 20.1. The minimum absolute atomic E-state index is 0.0796. The van der Waals surface area contributed by atoms with Crippen molar-refractivity contribution in [2.45, 2.75) is 52.1 Å². The van der Waals surface area contributed by atoms with Gasteiger partial charge in [0.05, 0.1) is 14.2 Å². The maximum absolute atomic E-state index is 11.0. The number of rotatable bonds is 5. The zero-order valence-electron chi connectivity index (χ0n) is 12.5. The summed E-state index contributed by atoms with van der Waals surface area (Å²) in [6.07, 6.45) is 2.11. The predicted octanol–water partition coefficient (Wildman–Crippen LogP) is 2.24. The Hall–Kier alpha value is -1.39. The van der Waals surface area contributed by atoms with Crippen molar-refractivity contribution in [2.24, 2.45) is 15.9 Å². The first-order valence-corrected chi connectivity index (χ1v) is 6.72. The van der Waals surface area contributed by atoms with Crippen molar-refractivity contribution in [1.29, 1.82) is 0 Å². The minimum Gasteiger partial charge on any atom is -0.483 e. The van der Waals surface area contributed by atoms with Gasteiger partial charge in [-0.05, 0) is 25.7 Å². The molecule has 0 fully saturated rings. The van der Waals surface area contributed by atoms with Crippen LogP contribution in [-0.2, 0) is 14.3 Å². The Kier molecular flexibility index (Phi) is 5.99. The normalized spacial score (nSPS) is 22.8. The van der Waals surface area contributed by atoms with Gasteiger partial charge in [0, 0.05) is 6.42 Å². The molecule has 0 aliphatic carbocycles. The van der Waals surface area contributed by atoms with Crippen molar-refractivity contribution in [3.05, 3.63) is 0 Å². The summed E-state index contributed by atoms with van der Waals surface area (Å²) in [5.74, 6) is 1.80. The van der Waals surface area contributed by atoms with Gasteiger partial charge in [0.1, 0.15) is 17.9 Å².